The molecule has 0 spiro atoms. The fourth-order valence-electron chi connectivity index (χ4n) is 8.22. The Morgan fingerprint density at radius 2 is 0.672 bits per heavy atom. The second-order valence-electron chi connectivity index (χ2n) is 18.9. The number of amides is 3. The summed E-state index contributed by atoms with van der Waals surface area (Å²) in [6.07, 6.45) is 34.7. The van der Waals surface area contributed by atoms with Crippen molar-refractivity contribution in [3.8, 4) is 0 Å². The molecule has 0 aliphatic carbocycles. The molecule has 0 bridgehead atoms. The quantitative estimate of drug-likeness (QED) is 0.0296. The van der Waals surface area contributed by atoms with Crippen molar-refractivity contribution in [2.24, 2.45) is 0 Å². The van der Waals surface area contributed by atoms with Crippen molar-refractivity contribution in [2.75, 3.05) is 72.5 Å². The van der Waals surface area contributed by atoms with Crippen molar-refractivity contribution in [3.63, 3.8) is 0 Å². The number of aliphatic hydroxyl groups excluding tert-OH is 3. The first kappa shape index (κ1) is 62.2. The first-order valence-corrected chi connectivity index (χ1v) is 27.1. The number of carbonyl (C=O) groups excluding carboxylic acids is 3. The van der Waals surface area contributed by atoms with Crippen LogP contribution in [0.15, 0.2) is 0 Å². The highest BCUT2D eigenvalue weighted by molar-refractivity contribution is 5.81. The van der Waals surface area contributed by atoms with Gasteiger partial charge in [-0.3, -0.25) is 19.3 Å². The molecular weight excluding hydrogens is 805 g/mol. The zero-order valence-corrected chi connectivity index (χ0v) is 42.4. The summed E-state index contributed by atoms with van der Waals surface area (Å²) in [7, 11) is 2.03. The molecule has 3 unspecified atom stereocenters. The maximum absolute atomic E-state index is 12.9. The molecule has 0 aromatic carbocycles. The number of unbranched alkanes of at least 4 members (excludes halogenated alkanes) is 27. The Morgan fingerprint density at radius 3 is 1.02 bits per heavy atom. The Hall–Kier alpha value is -1.83. The number of carbonyl (C=O) groups is 3. The van der Waals surface area contributed by atoms with E-state index >= 15 is 0 Å². The SMILES string of the molecule is CCCCCCCCCCCCNC(=O)C(O)CNCCCN(C)CCCN(CC(O)C(=O)NCCCCCCCCCCCC)CC(O)C(=O)NCCCCCCCCCCCC. The van der Waals surface area contributed by atoms with Gasteiger partial charge >= 0.3 is 0 Å². The van der Waals surface area contributed by atoms with Crippen LogP contribution in [0, 0.1) is 0 Å². The van der Waals surface area contributed by atoms with Crippen LogP contribution in [0.4, 0.5) is 0 Å². The zero-order chi connectivity index (χ0) is 47.1. The van der Waals surface area contributed by atoms with Gasteiger partial charge < -0.3 is 41.5 Å². The minimum absolute atomic E-state index is 0.0371. The third kappa shape index (κ3) is 41.6. The summed E-state index contributed by atoms with van der Waals surface area (Å²) in [5.41, 5.74) is 0. The highest BCUT2D eigenvalue weighted by atomic mass is 16.3. The van der Waals surface area contributed by atoms with Crippen LogP contribution >= 0.6 is 0 Å². The molecule has 0 fully saturated rings. The molecule has 0 heterocycles. The molecular formula is C52H106N6O6. The van der Waals surface area contributed by atoms with Crippen LogP contribution in [0.25, 0.3) is 0 Å². The second-order valence-corrected chi connectivity index (χ2v) is 18.9. The van der Waals surface area contributed by atoms with Crippen molar-refractivity contribution in [2.45, 2.75) is 245 Å². The lowest BCUT2D eigenvalue weighted by Crippen LogP contribution is -2.48. The standard InChI is InChI=1S/C52H106N6O6/c1-5-8-11-14-17-20-23-26-29-32-38-54-50(62)47(59)44-53-37-35-41-57(4)42-36-43-58(45-48(60)51(63)55-39-33-30-27-24-21-18-15-12-9-6-2)46-49(61)52(64)56-40-34-31-28-25-22-19-16-13-10-7-3/h47-49,53,59-61H,5-46H2,1-4H3,(H,54,62)(H,55,63)(H,56,64). The summed E-state index contributed by atoms with van der Waals surface area (Å²) in [5, 5.41) is 43.9. The van der Waals surface area contributed by atoms with Gasteiger partial charge in [-0.05, 0) is 65.3 Å². The maximum atomic E-state index is 12.9. The van der Waals surface area contributed by atoms with Crippen molar-refractivity contribution in [1.82, 2.24) is 31.1 Å². The molecule has 0 radical (unpaired) electrons. The molecule has 0 aromatic heterocycles. The van der Waals surface area contributed by atoms with Gasteiger partial charge in [0, 0.05) is 39.3 Å². The van der Waals surface area contributed by atoms with E-state index in [1.165, 1.54) is 141 Å². The second kappa shape index (κ2) is 47.7. The monoisotopic (exact) mass is 911 g/mol. The van der Waals surface area contributed by atoms with Crippen LogP contribution in [-0.4, -0.2) is 134 Å². The first-order valence-electron chi connectivity index (χ1n) is 27.1. The Balaban J connectivity index is 4.59. The summed E-state index contributed by atoms with van der Waals surface area (Å²) in [4.78, 5) is 42.1. The van der Waals surface area contributed by atoms with Gasteiger partial charge in [0.25, 0.3) is 0 Å². The van der Waals surface area contributed by atoms with Gasteiger partial charge in [-0.15, -0.1) is 0 Å². The van der Waals surface area contributed by atoms with Crippen LogP contribution in [0.3, 0.4) is 0 Å². The number of nitrogens with one attached hydrogen (secondary N) is 4. The molecule has 3 amide bonds. The van der Waals surface area contributed by atoms with Crippen molar-refractivity contribution in [1.29, 1.82) is 0 Å². The van der Waals surface area contributed by atoms with E-state index in [-0.39, 0.29) is 25.5 Å². The van der Waals surface area contributed by atoms with E-state index in [4.69, 9.17) is 0 Å². The molecule has 3 atom stereocenters. The van der Waals surface area contributed by atoms with Gasteiger partial charge in [0.15, 0.2) is 0 Å². The Morgan fingerprint density at radius 1 is 0.375 bits per heavy atom. The fourth-order valence-corrected chi connectivity index (χ4v) is 8.22. The summed E-state index contributed by atoms with van der Waals surface area (Å²) in [6.45, 7) is 11.4. The average molecular weight is 911 g/mol. The normalized spacial score (nSPS) is 13.1. The first-order chi connectivity index (χ1) is 31.2. The molecule has 0 aliphatic heterocycles. The van der Waals surface area contributed by atoms with E-state index in [1.807, 2.05) is 11.9 Å². The number of rotatable bonds is 50. The lowest BCUT2D eigenvalue weighted by molar-refractivity contribution is -0.132. The molecule has 12 heteroatoms. The lowest BCUT2D eigenvalue weighted by Gasteiger charge is -2.27. The van der Waals surface area contributed by atoms with Crippen molar-refractivity contribution < 1.29 is 29.7 Å². The summed E-state index contributed by atoms with van der Waals surface area (Å²) in [6, 6.07) is 0. The van der Waals surface area contributed by atoms with E-state index in [0.717, 1.165) is 77.3 Å². The molecule has 7 N–H and O–H groups in total. The van der Waals surface area contributed by atoms with Gasteiger partial charge in [-0.1, -0.05) is 194 Å². The van der Waals surface area contributed by atoms with Crippen LogP contribution in [0.5, 0.6) is 0 Å². The topological polar surface area (TPSA) is 166 Å². The molecule has 12 nitrogen and oxygen atoms in total. The number of nitrogens with zero attached hydrogens (tertiary/aromatic N) is 2. The molecule has 0 saturated carbocycles. The van der Waals surface area contributed by atoms with Crippen molar-refractivity contribution >= 4 is 17.7 Å². The summed E-state index contributed by atoms with van der Waals surface area (Å²) < 4.78 is 0. The highest BCUT2D eigenvalue weighted by Crippen LogP contribution is 2.13. The van der Waals surface area contributed by atoms with E-state index < -0.39 is 30.1 Å². The van der Waals surface area contributed by atoms with Gasteiger partial charge in [0.05, 0.1) is 0 Å². The molecule has 64 heavy (non-hydrogen) atoms. The number of aliphatic hydroxyl groups is 3. The lowest BCUT2D eigenvalue weighted by atomic mass is 10.1. The highest BCUT2D eigenvalue weighted by Gasteiger charge is 2.24. The van der Waals surface area contributed by atoms with E-state index in [2.05, 4.69) is 46.9 Å². The minimum Gasteiger partial charge on any atom is -0.382 e. The van der Waals surface area contributed by atoms with Crippen molar-refractivity contribution in [3.05, 3.63) is 0 Å². The van der Waals surface area contributed by atoms with E-state index in [0.29, 0.717) is 32.7 Å². The fraction of sp³-hybridized carbons (Fsp3) is 0.942. The molecule has 0 saturated heterocycles. The predicted molar refractivity (Wildman–Crippen MR) is 269 cm³/mol. The van der Waals surface area contributed by atoms with Crippen LogP contribution < -0.4 is 21.3 Å². The molecule has 380 valence electrons. The van der Waals surface area contributed by atoms with Gasteiger partial charge in [0.1, 0.15) is 18.3 Å². The molecule has 0 rings (SSSR count). The zero-order valence-electron chi connectivity index (χ0n) is 42.4. The van der Waals surface area contributed by atoms with Gasteiger partial charge in [0.2, 0.25) is 17.7 Å². The molecule has 0 aliphatic rings. The number of hydrogen-bond acceptors (Lipinski definition) is 9. The number of hydrogen-bond donors (Lipinski definition) is 7. The minimum atomic E-state index is -1.26. The summed E-state index contributed by atoms with van der Waals surface area (Å²) >= 11 is 0. The smallest absolute Gasteiger partial charge is 0.250 e. The van der Waals surface area contributed by atoms with Crippen LogP contribution in [0.1, 0.15) is 226 Å². The third-order valence-corrected chi connectivity index (χ3v) is 12.5. The maximum Gasteiger partial charge on any atom is 0.250 e. The van der Waals surface area contributed by atoms with Crippen LogP contribution in [0.2, 0.25) is 0 Å². The van der Waals surface area contributed by atoms with E-state index in [1.54, 1.807) is 0 Å². The largest absolute Gasteiger partial charge is 0.382 e. The van der Waals surface area contributed by atoms with Gasteiger partial charge in [-0.2, -0.15) is 0 Å². The average Bonchev–Trinajstić information content (AvgIpc) is 3.28. The van der Waals surface area contributed by atoms with E-state index in [9.17, 15) is 29.7 Å². The van der Waals surface area contributed by atoms with Gasteiger partial charge in [-0.25, -0.2) is 0 Å². The Kier molecular flexibility index (Phi) is 46.3. The predicted octanol–water partition coefficient (Wildman–Crippen LogP) is 8.78. The van der Waals surface area contributed by atoms with Crippen LogP contribution in [-0.2, 0) is 14.4 Å². The Bertz CT molecular complexity index is 995. The third-order valence-electron chi connectivity index (χ3n) is 12.5. The Labute approximate surface area is 394 Å². The molecule has 0 aromatic rings. The summed E-state index contributed by atoms with van der Waals surface area (Å²) in [5.74, 6) is -1.15.